The molecule has 1 N–H and O–H groups in total. The van der Waals surface area contributed by atoms with E-state index in [0.29, 0.717) is 6.04 Å². The van der Waals surface area contributed by atoms with Crippen LogP contribution in [0.25, 0.3) is 0 Å². The molecule has 88 valence electrons. The van der Waals surface area contributed by atoms with Crippen LogP contribution in [0.5, 0.6) is 0 Å². The Hall–Kier alpha value is -0.340. The zero-order valence-corrected chi connectivity index (χ0v) is 10.4. The van der Waals surface area contributed by atoms with E-state index in [2.05, 4.69) is 32.2 Å². The Morgan fingerprint density at radius 2 is 2.33 bits per heavy atom. The third kappa shape index (κ3) is 5.95. The molecule has 0 aliphatic carbocycles. The number of nitrogens with one attached hydrogen (secondary N) is 1. The maximum atomic E-state index is 5.35. The quantitative estimate of drug-likeness (QED) is 0.682. The van der Waals surface area contributed by atoms with Crippen LogP contribution in [-0.4, -0.2) is 25.8 Å². The van der Waals surface area contributed by atoms with Crippen molar-refractivity contribution in [2.45, 2.75) is 46.1 Å². The molecule has 0 bridgehead atoms. The van der Waals surface area contributed by atoms with E-state index >= 15 is 0 Å². The predicted octanol–water partition coefficient (Wildman–Crippen LogP) is 2.75. The molecule has 0 aromatic heterocycles. The first-order valence-corrected chi connectivity index (χ1v) is 6.13. The lowest BCUT2D eigenvalue weighted by atomic mass is 10.1. The van der Waals surface area contributed by atoms with Crippen molar-refractivity contribution >= 4 is 0 Å². The van der Waals surface area contributed by atoms with Gasteiger partial charge in [0.1, 0.15) is 0 Å². The highest BCUT2D eigenvalue weighted by Crippen LogP contribution is 2.11. The van der Waals surface area contributed by atoms with Gasteiger partial charge in [-0.05, 0) is 46.0 Å². The van der Waals surface area contributed by atoms with E-state index in [1.807, 2.05) is 0 Å². The molecular formula is C13H25NO. The second-order valence-electron chi connectivity index (χ2n) is 4.90. The summed E-state index contributed by atoms with van der Waals surface area (Å²) in [6, 6.07) is 0.626. The van der Waals surface area contributed by atoms with E-state index in [-0.39, 0.29) is 0 Å². The van der Waals surface area contributed by atoms with Crippen LogP contribution in [0.3, 0.4) is 0 Å². The van der Waals surface area contributed by atoms with Crippen molar-refractivity contribution in [2.75, 3.05) is 19.8 Å². The fourth-order valence-electron chi connectivity index (χ4n) is 1.84. The molecule has 1 heterocycles. The van der Waals surface area contributed by atoms with Crippen LogP contribution in [0, 0.1) is 5.92 Å². The number of allylic oxidation sites excluding steroid dienone is 2. The maximum Gasteiger partial charge on any atom is 0.0507 e. The fraction of sp³-hybridized carbons (Fsp3) is 0.846. The minimum absolute atomic E-state index is 0.626. The Balaban J connectivity index is 2.02. The van der Waals surface area contributed by atoms with Gasteiger partial charge in [0.05, 0.1) is 6.61 Å². The van der Waals surface area contributed by atoms with Gasteiger partial charge < -0.3 is 10.1 Å². The molecule has 0 aromatic carbocycles. The summed E-state index contributed by atoms with van der Waals surface area (Å²) in [6.45, 7) is 9.62. The normalized spacial score (nSPS) is 22.7. The molecule has 0 amide bonds. The van der Waals surface area contributed by atoms with Gasteiger partial charge in [-0.25, -0.2) is 0 Å². The molecule has 2 atom stereocenters. The van der Waals surface area contributed by atoms with Crippen LogP contribution in [0.4, 0.5) is 0 Å². The van der Waals surface area contributed by atoms with E-state index in [1.54, 1.807) is 0 Å². The van der Waals surface area contributed by atoms with Crippen LogP contribution in [0.15, 0.2) is 11.6 Å². The molecule has 0 radical (unpaired) electrons. The highest BCUT2D eigenvalue weighted by molar-refractivity contribution is 4.93. The maximum absolute atomic E-state index is 5.35. The molecule has 15 heavy (non-hydrogen) atoms. The van der Waals surface area contributed by atoms with E-state index < -0.39 is 0 Å². The van der Waals surface area contributed by atoms with Gasteiger partial charge in [0, 0.05) is 19.2 Å². The predicted molar refractivity (Wildman–Crippen MR) is 65.1 cm³/mol. The summed E-state index contributed by atoms with van der Waals surface area (Å²) < 4.78 is 5.35. The van der Waals surface area contributed by atoms with Crippen molar-refractivity contribution in [2.24, 2.45) is 5.92 Å². The molecule has 1 aliphatic rings. The molecule has 2 nitrogen and oxygen atoms in total. The number of rotatable bonds is 6. The zero-order valence-electron chi connectivity index (χ0n) is 10.4. The fourth-order valence-corrected chi connectivity index (χ4v) is 1.84. The average molecular weight is 211 g/mol. The van der Waals surface area contributed by atoms with Crippen LogP contribution < -0.4 is 5.32 Å². The Kier molecular flexibility index (Phi) is 5.96. The van der Waals surface area contributed by atoms with Gasteiger partial charge in [0.25, 0.3) is 0 Å². The third-order valence-electron chi connectivity index (χ3n) is 2.93. The summed E-state index contributed by atoms with van der Waals surface area (Å²) >= 11 is 0. The summed E-state index contributed by atoms with van der Waals surface area (Å²) in [4.78, 5) is 0. The lowest BCUT2D eigenvalue weighted by molar-refractivity contribution is 0.184. The standard InChI is InChI=1S/C13H25NO/c1-11(2)5-4-6-12(3)14-9-13-7-8-15-10-13/h5,12-14H,4,6-10H2,1-3H3. The van der Waals surface area contributed by atoms with Crippen molar-refractivity contribution in [1.29, 1.82) is 0 Å². The van der Waals surface area contributed by atoms with Gasteiger partial charge in [-0.1, -0.05) is 11.6 Å². The van der Waals surface area contributed by atoms with Crippen molar-refractivity contribution < 1.29 is 4.74 Å². The van der Waals surface area contributed by atoms with Gasteiger partial charge in [-0.3, -0.25) is 0 Å². The van der Waals surface area contributed by atoms with Crippen LogP contribution >= 0.6 is 0 Å². The van der Waals surface area contributed by atoms with Gasteiger partial charge in [0.15, 0.2) is 0 Å². The molecule has 1 fully saturated rings. The van der Waals surface area contributed by atoms with E-state index in [0.717, 1.165) is 25.7 Å². The van der Waals surface area contributed by atoms with Gasteiger partial charge in [-0.15, -0.1) is 0 Å². The first kappa shape index (κ1) is 12.7. The van der Waals surface area contributed by atoms with Crippen LogP contribution in [-0.2, 0) is 4.74 Å². The SMILES string of the molecule is CC(C)=CCCC(C)NCC1CCOC1. The molecule has 1 rings (SSSR count). The van der Waals surface area contributed by atoms with E-state index in [9.17, 15) is 0 Å². The Morgan fingerprint density at radius 3 is 2.93 bits per heavy atom. The molecule has 0 saturated carbocycles. The Morgan fingerprint density at radius 1 is 1.53 bits per heavy atom. The summed E-state index contributed by atoms with van der Waals surface area (Å²) in [7, 11) is 0. The third-order valence-corrected chi connectivity index (χ3v) is 2.93. The Labute approximate surface area is 94.1 Å². The topological polar surface area (TPSA) is 21.3 Å². The second kappa shape index (κ2) is 7.02. The summed E-state index contributed by atoms with van der Waals surface area (Å²) in [5.74, 6) is 0.746. The van der Waals surface area contributed by atoms with Gasteiger partial charge >= 0.3 is 0 Å². The first-order valence-electron chi connectivity index (χ1n) is 6.13. The van der Waals surface area contributed by atoms with Crippen molar-refractivity contribution in [3.8, 4) is 0 Å². The van der Waals surface area contributed by atoms with E-state index in [4.69, 9.17) is 4.74 Å². The highest BCUT2D eigenvalue weighted by atomic mass is 16.5. The minimum atomic E-state index is 0.626. The van der Waals surface area contributed by atoms with E-state index in [1.165, 1.54) is 24.8 Å². The number of hydrogen-bond acceptors (Lipinski definition) is 2. The van der Waals surface area contributed by atoms with Crippen LogP contribution in [0.1, 0.15) is 40.0 Å². The molecule has 0 aromatic rings. The summed E-state index contributed by atoms with van der Waals surface area (Å²) in [6.07, 6.45) is 5.97. The largest absolute Gasteiger partial charge is 0.381 e. The zero-order chi connectivity index (χ0) is 11.1. The van der Waals surface area contributed by atoms with Crippen molar-refractivity contribution in [1.82, 2.24) is 5.32 Å². The molecule has 2 unspecified atom stereocenters. The molecule has 0 spiro atoms. The molecule has 1 saturated heterocycles. The lowest BCUT2D eigenvalue weighted by Crippen LogP contribution is -2.31. The van der Waals surface area contributed by atoms with Crippen molar-refractivity contribution in [3.63, 3.8) is 0 Å². The lowest BCUT2D eigenvalue weighted by Gasteiger charge is -2.15. The number of hydrogen-bond donors (Lipinski definition) is 1. The molecule has 2 heteroatoms. The average Bonchev–Trinajstić information content (AvgIpc) is 2.66. The van der Waals surface area contributed by atoms with Gasteiger partial charge in [-0.2, -0.15) is 0 Å². The summed E-state index contributed by atoms with van der Waals surface area (Å²) in [5, 5.41) is 3.59. The highest BCUT2D eigenvalue weighted by Gasteiger charge is 2.15. The smallest absolute Gasteiger partial charge is 0.0507 e. The van der Waals surface area contributed by atoms with Gasteiger partial charge in [0.2, 0.25) is 0 Å². The van der Waals surface area contributed by atoms with Crippen molar-refractivity contribution in [3.05, 3.63) is 11.6 Å². The summed E-state index contributed by atoms with van der Waals surface area (Å²) in [5.41, 5.74) is 1.42. The monoisotopic (exact) mass is 211 g/mol. The molecular weight excluding hydrogens is 186 g/mol. The second-order valence-corrected chi connectivity index (χ2v) is 4.90. The Bertz CT molecular complexity index is 191. The first-order chi connectivity index (χ1) is 7.18. The van der Waals surface area contributed by atoms with Crippen LogP contribution in [0.2, 0.25) is 0 Å². The minimum Gasteiger partial charge on any atom is -0.381 e. The molecule has 1 aliphatic heterocycles. The number of ether oxygens (including phenoxy) is 1.